The highest BCUT2D eigenvalue weighted by atomic mass is 32.2. The third-order valence-corrected chi connectivity index (χ3v) is 6.65. The van der Waals surface area contributed by atoms with Gasteiger partial charge in [0.25, 0.3) is 10.0 Å². The summed E-state index contributed by atoms with van der Waals surface area (Å²) in [7, 11) is -3.80. The molecule has 154 valence electrons. The van der Waals surface area contributed by atoms with Crippen molar-refractivity contribution in [2.24, 2.45) is 0 Å². The number of hydrogen-bond donors (Lipinski definition) is 0. The van der Waals surface area contributed by atoms with Gasteiger partial charge in [0.2, 0.25) is 0 Å². The lowest BCUT2D eigenvalue weighted by Crippen LogP contribution is -2.11. The second kappa shape index (κ2) is 8.09. The number of nitrogens with zero attached hydrogens (tertiary/aromatic N) is 2. The first kappa shape index (κ1) is 20.4. The Balaban J connectivity index is 1.82. The van der Waals surface area contributed by atoms with Crippen molar-refractivity contribution in [3.8, 4) is 11.5 Å². The molecule has 1 aromatic heterocycles. The van der Waals surface area contributed by atoms with Gasteiger partial charge >= 0.3 is 0 Å². The molecule has 0 spiro atoms. The van der Waals surface area contributed by atoms with E-state index in [1.807, 2.05) is 6.92 Å². The van der Waals surface area contributed by atoms with E-state index >= 15 is 0 Å². The summed E-state index contributed by atoms with van der Waals surface area (Å²) in [6.07, 6.45) is 2.30. The van der Waals surface area contributed by atoms with E-state index in [-0.39, 0.29) is 11.3 Å². The van der Waals surface area contributed by atoms with Crippen molar-refractivity contribution >= 4 is 32.9 Å². The average molecular weight is 430 g/mol. The Morgan fingerprint density at radius 1 is 1.06 bits per heavy atom. The molecular formula is C24H18N2O4S. The molecule has 4 aromatic rings. The van der Waals surface area contributed by atoms with Crippen LogP contribution in [0.1, 0.15) is 11.1 Å². The standard InChI is InChI=1S/C24H18N2O4S/c1-17-6-8-20(9-7-17)31(28,29)26-14-12-21-22(13-15-27)24(11-10-23(21)26)30-19-5-3-4-18(16-19)25-2/h3-12,14-16H,13H2,1H3. The van der Waals surface area contributed by atoms with E-state index in [0.717, 1.165) is 11.8 Å². The minimum absolute atomic E-state index is 0.0593. The van der Waals surface area contributed by atoms with E-state index in [1.54, 1.807) is 66.7 Å². The maximum absolute atomic E-state index is 13.2. The molecule has 0 unspecified atom stereocenters. The third-order valence-electron chi connectivity index (χ3n) is 4.94. The first-order chi connectivity index (χ1) is 14.9. The molecule has 7 heteroatoms. The lowest BCUT2D eigenvalue weighted by molar-refractivity contribution is -0.107. The van der Waals surface area contributed by atoms with Crippen LogP contribution in [-0.2, 0) is 21.2 Å². The van der Waals surface area contributed by atoms with Crippen molar-refractivity contribution in [1.82, 2.24) is 3.97 Å². The van der Waals surface area contributed by atoms with Crippen molar-refractivity contribution in [2.75, 3.05) is 0 Å². The smallest absolute Gasteiger partial charge is 0.268 e. The maximum Gasteiger partial charge on any atom is 0.268 e. The quantitative estimate of drug-likeness (QED) is 0.309. The molecule has 3 aromatic carbocycles. The molecule has 0 bridgehead atoms. The number of aryl methyl sites for hydroxylation is 1. The van der Waals surface area contributed by atoms with E-state index in [1.165, 1.54) is 10.2 Å². The van der Waals surface area contributed by atoms with Crippen LogP contribution in [0.2, 0.25) is 0 Å². The van der Waals surface area contributed by atoms with Crippen LogP contribution in [0, 0.1) is 13.5 Å². The molecule has 0 saturated heterocycles. The Kier molecular flexibility index (Phi) is 5.32. The van der Waals surface area contributed by atoms with E-state index in [9.17, 15) is 13.2 Å². The van der Waals surface area contributed by atoms with E-state index in [4.69, 9.17) is 11.3 Å². The molecule has 0 aliphatic rings. The van der Waals surface area contributed by atoms with Gasteiger partial charge in [-0.1, -0.05) is 29.8 Å². The fourth-order valence-corrected chi connectivity index (χ4v) is 4.75. The van der Waals surface area contributed by atoms with Crippen molar-refractivity contribution in [1.29, 1.82) is 0 Å². The molecule has 0 aliphatic carbocycles. The fourth-order valence-electron chi connectivity index (χ4n) is 3.40. The van der Waals surface area contributed by atoms with Gasteiger partial charge in [-0.05, 0) is 49.4 Å². The molecule has 1 heterocycles. The number of aromatic nitrogens is 1. The number of benzene rings is 3. The summed E-state index contributed by atoms with van der Waals surface area (Å²) in [4.78, 5) is 14.9. The summed E-state index contributed by atoms with van der Waals surface area (Å²) in [6.45, 7) is 9.03. The summed E-state index contributed by atoms with van der Waals surface area (Å²) in [5, 5.41) is 0.613. The van der Waals surface area contributed by atoms with Crippen LogP contribution in [0.25, 0.3) is 15.7 Å². The third kappa shape index (κ3) is 3.81. The largest absolute Gasteiger partial charge is 0.458 e. The monoisotopic (exact) mass is 430 g/mol. The Labute approximate surface area is 180 Å². The number of fused-ring (bicyclic) bond motifs is 1. The van der Waals surface area contributed by atoms with Gasteiger partial charge < -0.3 is 9.53 Å². The minimum atomic E-state index is -3.80. The highest BCUT2D eigenvalue weighted by Gasteiger charge is 2.21. The van der Waals surface area contributed by atoms with Gasteiger partial charge in [-0.3, -0.25) is 0 Å². The molecule has 0 atom stereocenters. The number of ether oxygens (including phenoxy) is 1. The Hall–Kier alpha value is -3.89. The minimum Gasteiger partial charge on any atom is -0.458 e. The number of hydrogen-bond acceptors (Lipinski definition) is 4. The van der Waals surface area contributed by atoms with Crippen LogP contribution >= 0.6 is 0 Å². The van der Waals surface area contributed by atoms with Gasteiger partial charge in [-0.15, -0.1) is 0 Å². The van der Waals surface area contributed by atoms with Crippen LogP contribution in [0.4, 0.5) is 5.69 Å². The topological polar surface area (TPSA) is 69.7 Å². The Morgan fingerprint density at radius 2 is 1.84 bits per heavy atom. The molecule has 31 heavy (non-hydrogen) atoms. The van der Waals surface area contributed by atoms with Gasteiger partial charge in [0.1, 0.15) is 17.8 Å². The molecule has 4 rings (SSSR count). The summed E-state index contributed by atoms with van der Waals surface area (Å²) in [5.74, 6) is 0.902. The van der Waals surface area contributed by atoms with E-state index in [2.05, 4.69) is 4.85 Å². The lowest BCUT2D eigenvalue weighted by atomic mass is 10.1. The number of rotatable bonds is 6. The second-order valence-electron chi connectivity index (χ2n) is 6.99. The predicted molar refractivity (Wildman–Crippen MR) is 118 cm³/mol. The van der Waals surface area contributed by atoms with Gasteiger partial charge in [0.05, 0.1) is 17.0 Å². The Bertz CT molecular complexity index is 1430. The average Bonchev–Trinajstić information content (AvgIpc) is 3.21. The predicted octanol–water partition coefficient (Wildman–Crippen LogP) is 5.27. The summed E-state index contributed by atoms with van der Waals surface area (Å²) >= 11 is 0. The van der Waals surface area contributed by atoms with Crippen LogP contribution < -0.4 is 4.74 Å². The SMILES string of the molecule is [C-]#[N+]c1cccc(Oc2ccc3c(ccn3S(=O)(=O)c3ccc(C)cc3)c2CC=O)c1. The zero-order chi connectivity index (χ0) is 22.0. The van der Waals surface area contributed by atoms with E-state index in [0.29, 0.717) is 33.7 Å². The molecule has 6 nitrogen and oxygen atoms in total. The fraction of sp³-hybridized carbons (Fsp3) is 0.0833. The molecular weight excluding hydrogens is 412 g/mol. The van der Waals surface area contributed by atoms with Crippen molar-refractivity contribution in [2.45, 2.75) is 18.2 Å². The lowest BCUT2D eigenvalue weighted by Gasteiger charge is -2.13. The van der Waals surface area contributed by atoms with Crippen LogP contribution in [0.15, 0.2) is 77.8 Å². The van der Waals surface area contributed by atoms with Crippen molar-refractivity contribution in [3.63, 3.8) is 0 Å². The highest BCUT2D eigenvalue weighted by Crippen LogP contribution is 2.34. The van der Waals surface area contributed by atoms with E-state index < -0.39 is 10.0 Å². The summed E-state index contributed by atoms with van der Waals surface area (Å²) < 4.78 is 33.5. The van der Waals surface area contributed by atoms with Crippen LogP contribution in [0.3, 0.4) is 0 Å². The number of carbonyl (C=O) groups excluding carboxylic acids is 1. The molecule has 0 N–H and O–H groups in total. The van der Waals surface area contributed by atoms with Crippen LogP contribution in [0.5, 0.6) is 11.5 Å². The van der Waals surface area contributed by atoms with Crippen molar-refractivity contribution in [3.05, 3.63) is 95.5 Å². The number of aldehydes is 1. The highest BCUT2D eigenvalue weighted by molar-refractivity contribution is 7.90. The maximum atomic E-state index is 13.2. The normalized spacial score (nSPS) is 11.2. The Morgan fingerprint density at radius 3 is 2.55 bits per heavy atom. The zero-order valence-electron chi connectivity index (χ0n) is 16.6. The number of carbonyl (C=O) groups is 1. The van der Waals surface area contributed by atoms with Crippen LogP contribution in [-0.4, -0.2) is 18.7 Å². The van der Waals surface area contributed by atoms with Gasteiger partial charge in [-0.2, -0.15) is 0 Å². The molecule has 0 fully saturated rings. The van der Waals surface area contributed by atoms with Crippen molar-refractivity contribution < 1.29 is 17.9 Å². The first-order valence-corrected chi connectivity index (χ1v) is 10.9. The van der Waals surface area contributed by atoms with Gasteiger partial charge in [0, 0.05) is 23.6 Å². The first-order valence-electron chi connectivity index (χ1n) is 9.48. The van der Waals surface area contributed by atoms with Gasteiger partial charge in [0.15, 0.2) is 5.69 Å². The van der Waals surface area contributed by atoms with Gasteiger partial charge in [-0.25, -0.2) is 17.2 Å². The summed E-state index contributed by atoms with van der Waals surface area (Å²) in [6, 6.07) is 18.3. The zero-order valence-corrected chi connectivity index (χ0v) is 17.5. The molecule has 0 amide bonds. The second-order valence-corrected chi connectivity index (χ2v) is 8.80. The molecule has 0 saturated carbocycles. The molecule has 0 radical (unpaired) electrons. The molecule has 0 aliphatic heterocycles. The summed E-state index contributed by atoms with van der Waals surface area (Å²) in [5.41, 5.74) is 2.44.